The zero-order valence-corrected chi connectivity index (χ0v) is 13.0. The average Bonchev–Trinajstić information content (AvgIpc) is 2.65. The molecule has 20 heavy (non-hydrogen) atoms. The number of aryl methyl sites for hydroxylation is 2. The molecule has 0 fully saturated rings. The monoisotopic (exact) mass is 293 g/mol. The molecule has 0 bridgehead atoms. The fourth-order valence-electron chi connectivity index (χ4n) is 2.32. The molecule has 2 N–H and O–H groups in total. The van der Waals surface area contributed by atoms with E-state index in [1.54, 1.807) is 11.8 Å². The molecule has 108 valence electrons. The van der Waals surface area contributed by atoms with Gasteiger partial charge in [0.25, 0.3) is 0 Å². The van der Waals surface area contributed by atoms with E-state index < -0.39 is 5.54 Å². The number of ether oxygens (including phenoxy) is 1. The van der Waals surface area contributed by atoms with Crippen LogP contribution in [0.15, 0.2) is 24.3 Å². The minimum absolute atomic E-state index is 0.536. The lowest BCUT2D eigenvalue weighted by Crippen LogP contribution is -2.35. The van der Waals surface area contributed by atoms with Crippen molar-refractivity contribution in [3.8, 4) is 5.75 Å². The first kappa shape index (κ1) is 14.9. The Balaban J connectivity index is 2.34. The topological polar surface area (TPSA) is 53.1 Å². The molecule has 2 rings (SSSR count). The van der Waals surface area contributed by atoms with Gasteiger partial charge in [0.1, 0.15) is 10.9 Å². The van der Waals surface area contributed by atoms with Gasteiger partial charge < -0.3 is 10.5 Å². The predicted octanol–water partition coefficient (Wildman–Crippen LogP) is 2.81. The van der Waals surface area contributed by atoms with Gasteiger partial charge in [-0.15, -0.1) is 0 Å². The van der Waals surface area contributed by atoms with Crippen molar-refractivity contribution in [3.63, 3.8) is 0 Å². The lowest BCUT2D eigenvalue weighted by molar-refractivity contribution is 0.410. The standard InChI is InChI=1S/C15H20ClN3O/c1-10-13(14(16)19(3)18-10)9-15(2,17)11-6-5-7-12(8-11)20-4/h5-8H,9,17H2,1-4H3. The van der Waals surface area contributed by atoms with E-state index in [2.05, 4.69) is 5.10 Å². The smallest absolute Gasteiger partial charge is 0.130 e. The number of nitrogens with two attached hydrogens (primary N) is 1. The molecule has 5 heteroatoms. The molecule has 1 unspecified atom stereocenters. The summed E-state index contributed by atoms with van der Waals surface area (Å²) in [5.41, 5.74) is 8.87. The van der Waals surface area contributed by atoms with Gasteiger partial charge in [-0.1, -0.05) is 23.7 Å². The van der Waals surface area contributed by atoms with E-state index in [4.69, 9.17) is 22.1 Å². The van der Waals surface area contributed by atoms with Crippen molar-refractivity contribution < 1.29 is 4.74 Å². The highest BCUT2D eigenvalue weighted by Gasteiger charge is 2.26. The normalized spacial score (nSPS) is 14.1. The third kappa shape index (κ3) is 2.81. The van der Waals surface area contributed by atoms with Gasteiger partial charge in [-0.25, -0.2) is 0 Å². The highest BCUT2D eigenvalue weighted by molar-refractivity contribution is 6.30. The van der Waals surface area contributed by atoms with Crippen LogP contribution in [-0.4, -0.2) is 16.9 Å². The Kier molecular flexibility index (Phi) is 4.06. The zero-order valence-electron chi connectivity index (χ0n) is 12.3. The molecule has 1 aromatic carbocycles. The molecule has 0 saturated heterocycles. The Morgan fingerprint density at radius 3 is 2.70 bits per heavy atom. The van der Waals surface area contributed by atoms with Crippen molar-refractivity contribution in [2.45, 2.75) is 25.8 Å². The van der Waals surface area contributed by atoms with E-state index in [1.807, 2.05) is 45.2 Å². The van der Waals surface area contributed by atoms with Gasteiger partial charge in [0, 0.05) is 18.2 Å². The number of halogens is 1. The van der Waals surface area contributed by atoms with Crippen LogP contribution < -0.4 is 10.5 Å². The number of nitrogens with zero attached hydrogens (tertiary/aromatic N) is 2. The van der Waals surface area contributed by atoms with E-state index in [0.717, 1.165) is 22.6 Å². The molecule has 1 heterocycles. The molecule has 0 amide bonds. The first-order valence-electron chi connectivity index (χ1n) is 6.46. The predicted molar refractivity (Wildman–Crippen MR) is 81.2 cm³/mol. The largest absolute Gasteiger partial charge is 0.497 e. The van der Waals surface area contributed by atoms with Gasteiger partial charge in [-0.05, 0) is 38.0 Å². The lowest BCUT2D eigenvalue weighted by Gasteiger charge is -2.25. The van der Waals surface area contributed by atoms with E-state index in [1.165, 1.54) is 0 Å². The van der Waals surface area contributed by atoms with Gasteiger partial charge in [0.15, 0.2) is 0 Å². The number of aromatic nitrogens is 2. The third-order valence-corrected chi connectivity index (χ3v) is 4.02. The quantitative estimate of drug-likeness (QED) is 0.943. The van der Waals surface area contributed by atoms with Crippen LogP contribution in [0, 0.1) is 6.92 Å². The first-order chi connectivity index (χ1) is 9.35. The zero-order chi connectivity index (χ0) is 14.9. The van der Waals surface area contributed by atoms with Gasteiger partial charge >= 0.3 is 0 Å². The molecule has 4 nitrogen and oxygen atoms in total. The Morgan fingerprint density at radius 1 is 1.45 bits per heavy atom. The van der Waals surface area contributed by atoms with Gasteiger partial charge in [-0.3, -0.25) is 4.68 Å². The second-order valence-electron chi connectivity index (χ2n) is 5.30. The van der Waals surface area contributed by atoms with Crippen LogP contribution in [0.2, 0.25) is 5.15 Å². The minimum Gasteiger partial charge on any atom is -0.497 e. The summed E-state index contributed by atoms with van der Waals surface area (Å²) in [6.07, 6.45) is 0.624. The van der Waals surface area contributed by atoms with E-state index in [9.17, 15) is 0 Å². The Labute approximate surface area is 124 Å². The third-order valence-electron chi connectivity index (χ3n) is 3.54. The molecular formula is C15H20ClN3O. The van der Waals surface area contributed by atoms with Crippen molar-refractivity contribution in [2.75, 3.05) is 7.11 Å². The maximum Gasteiger partial charge on any atom is 0.130 e. The molecular weight excluding hydrogens is 274 g/mol. The fraction of sp³-hybridized carbons (Fsp3) is 0.400. The minimum atomic E-state index is -0.536. The van der Waals surface area contributed by atoms with E-state index in [0.29, 0.717) is 11.6 Å². The van der Waals surface area contributed by atoms with Crippen molar-refractivity contribution in [3.05, 3.63) is 46.2 Å². The second-order valence-corrected chi connectivity index (χ2v) is 5.66. The van der Waals surface area contributed by atoms with Crippen molar-refractivity contribution >= 4 is 11.6 Å². The van der Waals surface area contributed by atoms with Crippen LogP contribution in [-0.2, 0) is 19.0 Å². The number of hydrogen-bond donors (Lipinski definition) is 1. The van der Waals surface area contributed by atoms with Crippen molar-refractivity contribution in [1.29, 1.82) is 0 Å². The summed E-state index contributed by atoms with van der Waals surface area (Å²) < 4.78 is 6.93. The van der Waals surface area contributed by atoms with E-state index >= 15 is 0 Å². The maximum absolute atomic E-state index is 6.49. The molecule has 2 aromatic rings. The summed E-state index contributed by atoms with van der Waals surface area (Å²) in [6.45, 7) is 3.94. The second kappa shape index (κ2) is 5.46. The van der Waals surface area contributed by atoms with Crippen LogP contribution in [0.5, 0.6) is 5.75 Å². The summed E-state index contributed by atoms with van der Waals surface area (Å²) in [7, 11) is 3.48. The molecule has 0 radical (unpaired) electrons. The molecule has 0 saturated carbocycles. The number of methoxy groups -OCH3 is 1. The van der Waals surface area contributed by atoms with E-state index in [-0.39, 0.29) is 0 Å². The highest BCUT2D eigenvalue weighted by atomic mass is 35.5. The van der Waals surface area contributed by atoms with Gasteiger partial charge in [0.05, 0.1) is 12.8 Å². The van der Waals surface area contributed by atoms with Crippen LogP contribution in [0.4, 0.5) is 0 Å². The summed E-state index contributed by atoms with van der Waals surface area (Å²) >= 11 is 6.29. The summed E-state index contributed by atoms with van der Waals surface area (Å²) in [5, 5.41) is 4.97. The van der Waals surface area contributed by atoms with Crippen LogP contribution in [0.3, 0.4) is 0 Å². The number of rotatable bonds is 4. The SMILES string of the molecule is COc1cccc(C(C)(N)Cc2c(C)nn(C)c2Cl)c1. The molecule has 0 aliphatic carbocycles. The maximum atomic E-state index is 6.49. The molecule has 1 atom stereocenters. The lowest BCUT2D eigenvalue weighted by atomic mass is 9.86. The van der Waals surface area contributed by atoms with Crippen molar-refractivity contribution in [2.24, 2.45) is 12.8 Å². The van der Waals surface area contributed by atoms with Gasteiger partial charge in [-0.2, -0.15) is 5.10 Å². The Bertz CT molecular complexity index is 620. The summed E-state index contributed by atoms with van der Waals surface area (Å²) in [5.74, 6) is 0.799. The first-order valence-corrected chi connectivity index (χ1v) is 6.84. The Morgan fingerprint density at radius 2 is 2.15 bits per heavy atom. The average molecular weight is 294 g/mol. The van der Waals surface area contributed by atoms with Gasteiger partial charge in [0.2, 0.25) is 0 Å². The van der Waals surface area contributed by atoms with Crippen LogP contribution in [0.1, 0.15) is 23.7 Å². The molecule has 0 spiro atoms. The fourth-order valence-corrected chi connectivity index (χ4v) is 2.56. The van der Waals surface area contributed by atoms with Crippen LogP contribution in [0.25, 0.3) is 0 Å². The number of benzene rings is 1. The van der Waals surface area contributed by atoms with Crippen LogP contribution >= 0.6 is 11.6 Å². The molecule has 1 aromatic heterocycles. The number of hydrogen-bond acceptors (Lipinski definition) is 3. The molecule has 0 aliphatic heterocycles. The van der Waals surface area contributed by atoms with Crippen molar-refractivity contribution in [1.82, 2.24) is 9.78 Å². The Hall–Kier alpha value is -1.52. The highest BCUT2D eigenvalue weighted by Crippen LogP contribution is 2.29. The molecule has 0 aliphatic rings. The summed E-state index contributed by atoms with van der Waals surface area (Å²) in [6, 6.07) is 7.81. The summed E-state index contributed by atoms with van der Waals surface area (Å²) in [4.78, 5) is 0.